The summed E-state index contributed by atoms with van der Waals surface area (Å²) in [6.45, 7) is 1.23. The van der Waals surface area contributed by atoms with Crippen molar-refractivity contribution in [1.82, 2.24) is 10.6 Å². The number of esters is 1. The largest absolute Gasteiger partial charge is 0.467 e. The summed E-state index contributed by atoms with van der Waals surface area (Å²) in [7, 11) is 1.16. The smallest absolute Gasteiger partial charge is 0.328 e. The molecule has 2 aromatic rings. The number of ether oxygens (including phenoxy) is 1. The van der Waals surface area contributed by atoms with Gasteiger partial charge in [0.1, 0.15) is 23.7 Å². The number of benzene rings is 2. The molecule has 0 aliphatic rings. The molecule has 154 valence electrons. The van der Waals surface area contributed by atoms with Gasteiger partial charge in [0.15, 0.2) is 0 Å². The van der Waals surface area contributed by atoms with Crippen molar-refractivity contribution in [3.63, 3.8) is 0 Å². The van der Waals surface area contributed by atoms with E-state index in [4.69, 9.17) is 4.74 Å². The third-order valence-corrected chi connectivity index (χ3v) is 4.21. The highest BCUT2D eigenvalue weighted by Gasteiger charge is 2.28. The van der Waals surface area contributed by atoms with Crippen LogP contribution in [0.3, 0.4) is 0 Å². The van der Waals surface area contributed by atoms with E-state index in [1.54, 1.807) is 12.1 Å². The lowest BCUT2D eigenvalue weighted by Gasteiger charge is -2.22. The molecule has 0 fully saturated rings. The summed E-state index contributed by atoms with van der Waals surface area (Å²) < 4.78 is 32.1. The SMILES string of the molecule is COC(=O)[C@@H](Cc1cccc(F)c1)NC(=O)[C@H](Cc1ccccc1F)NC(C)=O. The molecule has 2 N–H and O–H groups in total. The Hall–Kier alpha value is -3.29. The van der Waals surface area contributed by atoms with Crippen LogP contribution in [0.4, 0.5) is 8.78 Å². The van der Waals surface area contributed by atoms with Crippen LogP contribution in [-0.4, -0.2) is 37.0 Å². The molecule has 6 nitrogen and oxygen atoms in total. The van der Waals surface area contributed by atoms with Gasteiger partial charge < -0.3 is 15.4 Å². The van der Waals surface area contributed by atoms with Gasteiger partial charge in [0, 0.05) is 19.8 Å². The van der Waals surface area contributed by atoms with E-state index in [0.29, 0.717) is 5.56 Å². The van der Waals surface area contributed by atoms with Gasteiger partial charge in [-0.15, -0.1) is 0 Å². The van der Waals surface area contributed by atoms with E-state index in [2.05, 4.69) is 10.6 Å². The maximum atomic E-state index is 14.0. The van der Waals surface area contributed by atoms with Gasteiger partial charge in [0.05, 0.1) is 7.11 Å². The van der Waals surface area contributed by atoms with Crippen LogP contribution in [0.2, 0.25) is 0 Å². The van der Waals surface area contributed by atoms with Gasteiger partial charge in [-0.3, -0.25) is 9.59 Å². The Morgan fingerprint density at radius 1 is 0.966 bits per heavy atom. The van der Waals surface area contributed by atoms with Crippen molar-refractivity contribution in [2.45, 2.75) is 31.8 Å². The molecule has 0 heterocycles. The number of carbonyl (C=O) groups is 3. The maximum Gasteiger partial charge on any atom is 0.328 e. The summed E-state index contributed by atoms with van der Waals surface area (Å²) in [6, 6.07) is 9.26. The van der Waals surface area contributed by atoms with E-state index in [-0.39, 0.29) is 18.4 Å². The molecule has 8 heteroatoms. The number of amides is 2. The summed E-state index contributed by atoms with van der Waals surface area (Å²) in [5, 5.41) is 4.97. The van der Waals surface area contributed by atoms with E-state index in [1.165, 1.54) is 43.3 Å². The van der Waals surface area contributed by atoms with E-state index in [9.17, 15) is 23.2 Å². The summed E-state index contributed by atoms with van der Waals surface area (Å²) in [4.78, 5) is 36.4. The number of hydrogen-bond acceptors (Lipinski definition) is 4. The second-order valence-electron chi connectivity index (χ2n) is 6.47. The van der Waals surface area contributed by atoms with Crippen LogP contribution < -0.4 is 10.6 Å². The molecule has 0 saturated carbocycles. The minimum Gasteiger partial charge on any atom is -0.467 e. The fraction of sp³-hybridized carbons (Fsp3) is 0.286. The Labute approximate surface area is 167 Å². The minimum absolute atomic E-state index is 0.0112. The van der Waals surface area contributed by atoms with Crippen LogP contribution in [0.1, 0.15) is 18.1 Å². The van der Waals surface area contributed by atoms with Crippen LogP contribution in [0.25, 0.3) is 0 Å². The molecule has 0 spiro atoms. The van der Waals surface area contributed by atoms with Crippen LogP contribution in [-0.2, 0) is 32.0 Å². The highest BCUT2D eigenvalue weighted by molar-refractivity contribution is 5.90. The van der Waals surface area contributed by atoms with Gasteiger partial charge in [-0.1, -0.05) is 30.3 Å². The molecule has 2 amide bonds. The average Bonchev–Trinajstić information content (AvgIpc) is 2.67. The normalized spacial score (nSPS) is 12.6. The quantitative estimate of drug-likeness (QED) is 0.659. The molecule has 0 saturated heterocycles. The van der Waals surface area contributed by atoms with Crippen molar-refractivity contribution >= 4 is 17.8 Å². The fourth-order valence-corrected chi connectivity index (χ4v) is 2.85. The molecule has 0 aliphatic heterocycles. The van der Waals surface area contributed by atoms with Gasteiger partial charge in [-0.05, 0) is 29.3 Å². The molecular formula is C21H22F2N2O4. The van der Waals surface area contributed by atoms with Crippen LogP contribution in [0.15, 0.2) is 48.5 Å². The number of carbonyl (C=O) groups excluding carboxylic acids is 3. The van der Waals surface area contributed by atoms with E-state index < -0.39 is 41.5 Å². The molecule has 2 aromatic carbocycles. The van der Waals surface area contributed by atoms with Gasteiger partial charge in [0.2, 0.25) is 11.8 Å². The number of rotatable bonds is 8. The zero-order chi connectivity index (χ0) is 21.4. The molecule has 29 heavy (non-hydrogen) atoms. The van der Waals surface area contributed by atoms with Crippen LogP contribution in [0, 0.1) is 11.6 Å². The molecule has 0 aliphatic carbocycles. The van der Waals surface area contributed by atoms with Gasteiger partial charge in [-0.2, -0.15) is 0 Å². The van der Waals surface area contributed by atoms with Crippen LogP contribution >= 0.6 is 0 Å². The lowest BCUT2D eigenvalue weighted by molar-refractivity contribution is -0.145. The van der Waals surface area contributed by atoms with Crippen molar-refractivity contribution in [3.8, 4) is 0 Å². The van der Waals surface area contributed by atoms with Gasteiger partial charge in [0.25, 0.3) is 0 Å². The first kappa shape index (κ1) is 22.0. The second kappa shape index (κ2) is 10.3. The minimum atomic E-state index is -1.11. The maximum absolute atomic E-state index is 14.0. The first-order chi connectivity index (χ1) is 13.8. The number of hydrogen-bond donors (Lipinski definition) is 2. The summed E-state index contributed by atoms with van der Waals surface area (Å²) in [6.07, 6.45) is -0.116. The molecule has 2 atom stereocenters. The van der Waals surface area contributed by atoms with Crippen molar-refractivity contribution in [1.29, 1.82) is 0 Å². The van der Waals surface area contributed by atoms with Crippen molar-refractivity contribution in [3.05, 3.63) is 71.3 Å². The zero-order valence-corrected chi connectivity index (χ0v) is 16.1. The number of methoxy groups -OCH3 is 1. The van der Waals surface area contributed by atoms with E-state index >= 15 is 0 Å². The predicted molar refractivity (Wildman–Crippen MR) is 102 cm³/mol. The Bertz CT molecular complexity index is 888. The molecule has 0 unspecified atom stereocenters. The average molecular weight is 404 g/mol. The first-order valence-corrected chi connectivity index (χ1v) is 8.93. The van der Waals surface area contributed by atoms with E-state index in [0.717, 1.165) is 7.11 Å². The standard InChI is InChI=1S/C21H22F2N2O4/c1-13(26)24-18(12-15-7-3-4-9-17(15)23)20(27)25-19(21(28)29-2)11-14-6-5-8-16(22)10-14/h3-10,18-19H,11-12H2,1-2H3,(H,24,26)(H,25,27)/t18-,19+/m0/s1. The number of halogens is 2. The Balaban J connectivity index is 2.19. The van der Waals surface area contributed by atoms with Crippen molar-refractivity contribution in [2.24, 2.45) is 0 Å². The van der Waals surface area contributed by atoms with Crippen molar-refractivity contribution < 1.29 is 27.9 Å². The zero-order valence-electron chi connectivity index (χ0n) is 16.1. The first-order valence-electron chi connectivity index (χ1n) is 8.93. The van der Waals surface area contributed by atoms with Crippen molar-refractivity contribution in [2.75, 3.05) is 7.11 Å². The van der Waals surface area contributed by atoms with E-state index in [1.807, 2.05) is 0 Å². The van der Waals surface area contributed by atoms with Gasteiger partial charge in [-0.25, -0.2) is 13.6 Å². The molecular weight excluding hydrogens is 382 g/mol. The molecule has 2 rings (SSSR count). The molecule has 0 radical (unpaired) electrons. The lowest BCUT2D eigenvalue weighted by Crippen LogP contribution is -2.53. The monoisotopic (exact) mass is 404 g/mol. The third-order valence-electron chi connectivity index (χ3n) is 4.21. The summed E-state index contributed by atoms with van der Waals surface area (Å²) in [5.74, 6) is -2.89. The summed E-state index contributed by atoms with van der Waals surface area (Å²) in [5.41, 5.74) is 0.715. The number of nitrogens with one attached hydrogen (secondary N) is 2. The highest BCUT2D eigenvalue weighted by Crippen LogP contribution is 2.11. The Morgan fingerprint density at radius 2 is 1.69 bits per heavy atom. The third kappa shape index (κ3) is 6.67. The summed E-state index contributed by atoms with van der Waals surface area (Å²) >= 11 is 0. The molecule has 0 aromatic heterocycles. The van der Waals surface area contributed by atoms with Crippen LogP contribution in [0.5, 0.6) is 0 Å². The lowest BCUT2D eigenvalue weighted by atomic mass is 10.0. The fourth-order valence-electron chi connectivity index (χ4n) is 2.85. The topological polar surface area (TPSA) is 84.5 Å². The van der Waals surface area contributed by atoms with Gasteiger partial charge >= 0.3 is 5.97 Å². The molecule has 0 bridgehead atoms. The Morgan fingerprint density at radius 3 is 2.31 bits per heavy atom. The predicted octanol–water partition coefficient (Wildman–Crippen LogP) is 1.91. The highest BCUT2D eigenvalue weighted by atomic mass is 19.1. The Kier molecular flexibility index (Phi) is 7.82. The second-order valence-corrected chi connectivity index (χ2v) is 6.47.